The first kappa shape index (κ1) is 22.6. The third-order valence-electron chi connectivity index (χ3n) is 3.97. The Hall–Kier alpha value is -3.73. The molecule has 0 aliphatic heterocycles. The van der Waals surface area contributed by atoms with Gasteiger partial charge in [-0.25, -0.2) is 0 Å². The summed E-state index contributed by atoms with van der Waals surface area (Å²) in [5.41, 5.74) is 1.65. The van der Waals surface area contributed by atoms with Crippen molar-refractivity contribution >= 4 is 17.9 Å². The number of methoxy groups -OCH3 is 2. The Kier molecular flexibility index (Phi) is 9.00. The highest BCUT2D eigenvalue weighted by Crippen LogP contribution is 2.29. The van der Waals surface area contributed by atoms with Crippen LogP contribution in [0.25, 0.3) is 12.2 Å². The Morgan fingerprint density at radius 2 is 1.20 bits per heavy atom. The smallest absolute Gasteiger partial charge is 0.178 e. The highest BCUT2D eigenvalue weighted by molar-refractivity contribution is 6.04. The van der Waals surface area contributed by atoms with Crippen LogP contribution in [-0.2, 0) is 4.79 Å². The molecule has 2 aromatic rings. The first-order valence-electron chi connectivity index (χ1n) is 9.34. The van der Waals surface area contributed by atoms with Gasteiger partial charge in [0.2, 0.25) is 0 Å². The van der Waals surface area contributed by atoms with Crippen LogP contribution in [0.3, 0.4) is 0 Å². The number of hydrogen-bond donors (Lipinski definition) is 0. The van der Waals surface area contributed by atoms with Gasteiger partial charge in [-0.3, -0.25) is 4.79 Å². The number of carbonyl (C=O) groups is 1. The molecule has 2 aromatic carbocycles. The van der Waals surface area contributed by atoms with Gasteiger partial charge < -0.3 is 18.9 Å². The van der Waals surface area contributed by atoms with Gasteiger partial charge in [0, 0.05) is 0 Å². The van der Waals surface area contributed by atoms with Gasteiger partial charge >= 0.3 is 0 Å². The van der Waals surface area contributed by atoms with Crippen LogP contribution < -0.4 is 18.9 Å². The number of benzene rings is 2. The van der Waals surface area contributed by atoms with Crippen molar-refractivity contribution in [1.29, 1.82) is 0 Å². The first-order chi connectivity index (χ1) is 14.6. The molecule has 5 nitrogen and oxygen atoms in total. The fraction of sp³-hybridized carbons (Fsp3) is 0.160. The summed E-state index contributed by atoms with van der Waals surface area (Å²) in [5, 5.41) is 0. The topological polar surface area (TPSA) is 54.0 Å². The number of allylic oxidation sites excluding steroid dienone is 2. The maximum absolute atomic E-state index is 12.2. The van der Waals surface area contributed by atoms with E-state index in [1.54, 1.807) is 62.8 Å². The minimum absolute atomic E-state index is 0.146. The van der Waals surface area contributed by atoms with Crippen molar-refractivity contribution in [1.82, 2.24) is 0 Å². The van der Waals surface area contributed by atoms with Crippen LogP contribution in [0.1, 0.15) is 11.1 Å². The second kappa shape index (κ2) is 12.0. The van der Waals surface area contributed by atoms with Crippen molar-refractivity contribution in [3.8, 4) is 23.0 Å². The van der Waals surface area contributed by atoms with Gasteiger partial charge in [0.1, 0.15) is 13.2 Å². The second-order valence-electron chi connectivity index (χ2n) is 6.09. The molecule has 0 aliphatic carbocycles. The van der Waals surface area contributed by atoms with Gasteiger partial charge in [-0.1, -0.05) is 49.6 Å². The summed E-state index contributed by atoms with van der Waals surface area (Å²) in [5.74, 6) is 2.28. The van der Waals surface area contributed by atoms with E-state index in [4.69, 9.17) is 18.9 Å². The third kappa shape index (κ3) is 6.71. The van der Waals surface area contributed by atoms with Crippen LogP contribution in [0.5, 0.6) is 23.0 Å². The average molecular weight is 406 g/mol. The van der Waals surface area contributed by atoms with Crippen molar-refractivity contribution in [2.75, 3.05) is 27.4 Å². The Morgan fingerprint density at radius 3 is 1.57 bits per heavy atom. The Balaban J connectivity index is 2.05. The van der Waals surface area contributed by atoms with E-state index in [9.17, 15) is 4.79 Å². The monoisotopic (exact) mass is 406 g/mol. The lowest BCUT2D eigenvalue weighted by molar-refractivity contribution is -0.110. The zero-order valence-electron chi connectivity index (χ0n) is 17.3. The van der Waals surface area contributed by atoms with Crippen LogP contribution in [0.15, 0.2) is 73.9 Å². The van der Waals surface area contributed by atoms with Crippen molar-refractivity contribution < 1.29 is 23.7 Å². The largest absolute Gasteiger partial charge is 0.493 e. The highest BCUT2D eigenvalue weighted by Gasteiger charge is 2.05. The molecule has 0 radical (unpaired) electrons. The minimum atomic E-state index is -0.146. The summed E-state index contributed by atoms with van der Waals surface area (Å²) < 4.78 is 21.7. The fourth-order valence-electron chi connectivity index (χ4n) is 2.52. The maximum Gasteiger partial charge on any atom is 0.178 e. The van der Waals surface area contributed by atoms with E-state index in [0.717, 1.165) is 11.1 Å². The van der Waals surface area contributed by atoms with E-state index in [-0.39, 0.29) is 5.78 Å². The number of ether oxygens (including phenoxy) is 4. The fourth-order valence-corrected chi connectivity index (χ4v) is 2.52. The molecule has 0 aliphatic rings. The normalized spacial score (nSPS) is 10.7. The third-order valence-corrected chi connectivity index (χ3v) is 3.97. The van der Waals surface area contributed by atoms with Crippen LogP contribution in [-0.4, -0.2) is 33.2 Å². The molecule has 0 bridgehead atoms. The summed E-state index contributed by atoms with van der Waals surface area (Å²) in [4.78, 5) is 12.2. The molecule has 0 spiro atoms. The van der Waals surface area contributed by atoms with E-state index < -0.39 is 0 Å². The summed E-state index contributed by atoms with van der Waals surface area (Å²) in [6.07, 6.45) is 9.76. The molecular weight excluding hydrogens is 380 g/mol. The summed E-state index contributed by atoms with van der Waals surface area (Å²) in [7, 11) is 3.14. The van der Waals surface area contributed by atoms with E-state index in [0.29, 0.717) is 36.2 Å². The summed E-state index contributed by atoms with van der Waals surface area (Å²) in [6, 6.07) is 10.9. The maximum atomic E-state index is 12.2. The molecule has 0 saturated carbocycles. The molecule has 0 unspecified atom stereocenters. The van der Waals surface area contributed by atoms with E-state index in [1.165, 1.54) is 12.2 Å². The van der Waals surface area contributed by atoms with E-state index in [1.807, 2.05) is 12.1 Å². The van der Waals surface area contributed by atoms with Crippen molar-refractivity contribution in [2.45, 2.75) is 0 Å². The molecule has 0 N–H and O–H groups in total. The van der Waals surface area contributed by atoms with Crippen molar-refractivity contribution in [3.63, 3.8) is 0 Å². The Morgan fingerprint density at radius 1 is 0.767 bits per heavy atom. The molecule has 0 atom stereocenters. The lowest BCUT2D eigenvalue weighted by Gasteiger charge is -2.09. The molecule has 0 amide bonds. The molecule has 0 heterocycles. The van der Waals surface area contributed by atoms with Gasteiger partial charge in [0.05, 0.1) is 14.2 Å². The zero-order chi connectivity index (χ0) is 21.8. The molecular formula is C25H26O5. The molecule has 5 heteroatoms. The van der Waals surface area contributed by atoms with Crippen LogP contribution in [0.4, 0.5) is 0 Å². The van der Waals surface area contributed by atoms with Crippen LogP contribution in [0, 0.1) is 0 Å². The van der Waals surface area contributed by atoms with Gasteiger partial charge in [-0.2, -0.15) is 0 Å². The van der Waals surface area contributed by atoms with Gasteiger partial charge in [0.25, 0.3) is 0 Å². The molecule has 0 aromatic heterocycles. The van der Waals surface area contributed by atoms with Crippen LogP contribution in [0.2, 0.25) is 0 Å². The summed E-state index contributed by atoms with van der Waals surface area (Å²) >= 11 is 0. The number of carbonyl (C=O) groups excluding carboxylic acids is 1. The van der Waals surface area contributed by atoms with Gasteiger partial charge in [0.15, 0.2) is 28.8 Å². The Bertz CT molecular complexity index is 865. The van der Waals surface area contributed by atoms with Crippen molar-refractivity contribution in [3.05, 3.63) is 85.0 Å². The van der Waals surface area contributed by atoms with Gasteiger partial charge in [-0.15, -0.1) is 0 Å². The Labute approximate surface area is 177 Å². The van der Waals surface area contributed by atoms with E-state index >= 15 is 0 Å². The molecule has 0 fully saturated rings. The van der Waals surface area contributed by atoms with Gasteiger partial charge in [-0.05, 0) is 47.5 Å². The zero-order valence-corrected chi connectivity index (χ0v) is 17.3. The molecule has 156 valence electrons. The average Bonchev–Trinajstić information content (AvgIpc) is 2.78. The van der Waals surface area contributed by atoms with Crippen molar-refractivity contribution in [2.24, 2.45) is 0 Å². The second-order valence-corrected chi connectivity index (χ2v) is 6.09. The summed E-state index contributed by atoms with van der Waals surface area (Å²) in [6.45, 7) is 8.03. The quantitative estimate of drug-likeness (QED) is 0.361. The lowest BCUT2D eigenvalue weighted by atomic mass is 10.1. The molecule has 0 saturated heterocycles. The van der Waals surface area contributed by atoms with Crippen LogP contribution >= 0.6 is 0 Å². The molecule has 2 rings (SSSR count). The predicted octanol–water partition coefficient (Wildman–Crippen LogP) is 5.13. The predicted molar refractivity (Wildman–Crippen MR) is 120 cm³/mol. The lowest BCUT2D eigenvalue weighted by Crippen LogP contribution is -1.96. The SMILES string of the molecule is C=CCOc1ccc(/C=C/C(=O)/C=C/c2ccc(OCC=C)c(OC)c2)cc1OC. The number of hydrogen-bond acceptors (Lipinski definition) is 5. The minimum Gasteiger partial charge on any atom is -0.493 e. The first-order valence-corrected chi connectivity index (χ1v) is 9.34. The number of ketones is 1. The van der Waals surface area contributed by atoms with E-state index in [2.05, 4.69) is 13.2 Å². The number of rotatable bonds is 12. The highest BCUT2D eigenvalue weighted by atomic mass is 16.5. The standard InChI is InChI=1S/C25H26O5/c1-5-15-29-22-13-9-19(17-24(22)27-3)7-11-21(26)12-8-20-10-14-23(30-16-6-2)25(18-20)28-4/h5-14,17-18H,1-2,15-16H2,3-4H3/b11-7+,12-8+. The molecule has 30 heavy (non-hydrogen) atoms.